The molecule has 0 unspecified atom stereocenters. The van der Waals surface area contributed by atoms with Gasteiger partial charge in [-0.25, -0.2) is 4.98 Å². The lowest BCUT2D eigenvalue weighted by molar-refractivity contribution is -0.130. The Morgan fingerprint density at radius 1 is 1.35 bits per heavy atom. The highest BCUT2D eigenvalue weighted by molar-refractivity contribution is 5.85. The number of halogens is 2. The standard InChI is InChI=1S/C18H30N4O2.2ClH/c1-3-21(18(23)14-19-10-13-24-2)15-16-7-11-22(12-8-16)17-6-4-5-9-20-17;;/h4-6,9,16,19H,3,7-8,10-15H2,1-2H3;2*1H. The van der Waals surface area contributed by atoms with Gasteiger partial charge in [0.2, 0.25) is 5.91 Å². The summed E-state index contributed by atoms with van der Waals surface area (Å²) in [7, 11) is 1.67. The first kappa shape index (κ1) is 24.9. The number of carbonyl (C=O) groups excluding carboxylic acids is 1. The number of rotatable bonds is 9. The molecule has 1 aromatic heterocycles. The molecular weight excluding hydrogens is 375 g/mol. The molecule has 1 saturated heterocycles. The SMILES string of the molecule is CCN(CC1CCN(c2ccccn2)CC1)C(=O)CNCCOC.Cl.Cl. The van der Waals surface area contributed by atoms with E-state index in [1.165, 1.54) is 0 Å². The van der Waals surface area contributed by atoms with Crippen molar-refractivity contribution in [3.05, 3.63) is 24.4 Å². The van der Waals surface area contributed by atoms with Gasteiger partial charge in [0.1, 0.15) is 5.82 Å². The van der Waals surface area contributed by atoms with Gasteiger partial charge in [-0.3, -0.25) is 4.79 Å². The van der Waals surface area contributed by atoms with Crippen LogP contribution in [0.3, 0.4) is 0 Å². The van der Waals surface area contributed by atoms with E-state index in [0.717, 1.165) is 44.8 Å². The van der Waals surface area contributed by atoms with Crippen molar-refractivity contribution in [3.63, 3.8) is 0 Å². The molecule has 1 aliphatic rings. The summed E-state index contributed by atoms with van der Waals surface area (Å²) in [6.07, 6.45) is 4.06. The molecule has 0 bridgehead atoms. The molecule has 1 aromatic rings. The molecule has 0 atom stereocenters. The second kappa shape index (κ2) is 14.0. The molecule has 0 aliphatic carbocycles. The summed E-state index contributed by atoms with van der Waals surface area (Å²) in [6, 6.07) is 6.04. The van der Waals surface area contributed by atoms with E-state index in [1.54, 1.807) is 7.11 Å². The monoisotopic (exact) mass is 406 g/mol. The molecule has 2 rings (SSSR count). The molecule has 2 heterocycles. The number of nitrogens with one attached hydrogen (secondary N) is 1. The largest absolute Gasteiger partial charge is 0.383 e. The van der Waals surface area contributed by atoms with Crippen LogP contribution in [-0.2, 0) is 9.53 Å². The van der Waals surface area contributed by atoms with E-state index in [1.807, 2.05) is 23.2 Å². The van der Waals surface area contributed by atoms with Crippen molar-refractivity contribution in [3.8, 4) is 0 Å². The lowest BCUT2D eigenvalue weighted by Crippen LogP contribution is -2.44. The summed E-state index contributed by atoms with van der Waals surface area (Å²) in [5, 5.41) is 3.13. The van der Waals surface area contributed by atoms with Gasteiger partial charge in [0.15, 0.2) is 0 Å². The van der Waals surface area contributed by atoms with E-state index in [4.69, 9.17) is 4.74 Å². The number of carbonyl (C=O) groups is 1. The molecule has 1 amide bonds. The molecule has 8 heteroatoms. The maximum Gasteiger partial charge on any atom is 0.236 e. The molecule has 1 N–H and O–H groups in total. The third-order valence-electron chi connectivity index (χ3n) is 4.56. The van der Waals surface area contributed by atoms with Gasteiger partial charge in [0, 0.05) is 46.0 Å². The van der Waals surface area contributed by atoms with Crippen molar-refractivity contribution in [2.24, 2.45) is 5.92 Å². The van der Waals surface area contributed by atoms with Crippen molar-refractivity contribution in [2.45, 2.75) is 19.8 Å². The third-order valence-corrected chi connectivity index (χ3v) is 4.56. The highest BCUT2D eigenvalue weighted by atomic mass is 35.5. The summed E-state index contributed by atoms with van der Waals surface area (Å²) in [5.41, 5.74) is 0. The van der Waals surface area contributed by atoms with Crippen molar-refractivity contribution in [1.82, 2.24) is 15.2 Å². The van der Waals surface area contributed by atoms with E-state index in [2.05, 4.69) is 28.2 Å². The average molecular weight is 407 g/mol. The van der Waals surface area contributed by atoms with Crippen LogP contribution in [-0.4, -0.2) is 68.8 Å². The van der Waals surface area contributed by atoms with Crippen LogP contribution < -0.4 is 10.2 Å². The number of hydrogen-bond donors (Lipinski definition) is 1. The van der Waals surface area contributed by atoms with Crippen molar-refractivity contribution >= 4 is 36.5 Å². The highest BCUT2D eigenvalue weighted by Crippen LogP contribution is 2.22. The minimum absolute atomic E-state index is 0. The summed E-state index contributed by atoms with van der Waals surface area (Å²) in [6.45, 7) is 7.44. The molecule has 0 saturated carbocycles. The van der Waals surface area contributed by atoms with Crippen LogP contribution in [0.2, 0.25) is 0 Å². The van der Waals surface area contributed by atoms with Crippen LogP contribution in [0.15, 0.2) is 24.4 Å². The van der Waals surface area contributed by atoms with Crippen LogP contribution in [0.25, 0.3) is 0 Å². The van der Waals surface area contributed by atoms with Gasteiger partial charge >= 0.3 is 0 Å². The number of pyridine rings is 1. The maximum atomic E-state index is 12.3. The summed E-state index contributed by atoms with van der Waals surface area (Å²) >= 11 is 0. The molecule has 26 heavy (non-hydrogen) atoms. The summed E-state index contributed by atoms with van der Waals surface area (Å²) in [4.78, 5) is 21.0. The molecule has 1 fully saturated rings. The Morgan fingerprint density at radius 3 is 2.65 bits per heavy atom. The first-order valence-electron chi connectivity index (χ1n) is 8.88. The Morgan fingerprint density at radius 2 is 2.08 bits per heavy atom. The van der Waals surface area contributed by atoms with Gasteiger partial charge < -0.3 is 19.9 Å². The number of piperidine rings is 1. The zero-order chi connectivity index (χ0) is 17.2. The van der Waals surface area contributed by atoms with Crippen molar-refractivity contribution in [1.29, 1.82) is 0 Å². The fourth-order valence-electron chi connectivity index (χ4n) is 3.09. The second-order valence-electron chi connectivity index (χ2n) is 6.22. The Kier molecular flexibility index (Phi) is 13.5. The lowest BCUT2D eigenvalue weighted by Gasteiger charge is -2.35. The van der Waals surface area contributed by atoms with Crippen molar-refractivity contribution < 1.29 is 9.53 Å². The molecular formula is C18H32Cl2N4O2. The Bertz CT molecular complexity index is 485. The van der Waals surface area contributed by atoms with Crippen LogP contribution >= 0.6 is 24.8 Å². The normalized spacial score (nSPS) is 14.3. The number of hydrogen-bond acceptors (Lipinski definition) is 5. The number of anilines is 1. The minimum atomic E-state index is 0. The number of aromatic nitrogens is 1. The topological polar surface area (TPSA) is 57.7 Å². The lowest BCUT2D eigenvalue weighted by atomic mass is 9.96. The van der Waals surface area contributed by atoms with Crippen LogP contribution in [0.4, 0.5) is 5.82 Å². The Hall–Kier alpha value is -1.08. The molecule has 0 radical (unpaired) electrons. The quantitative estimate of drug-likeness (QED) is 0.637. The van der Waals surface area contributed by atoms with E-state index in [-0.39, 0.29) is 30.7 Å². The van der Waals surface area contributed by atoms with Gasteiger partial charge in [-0.1, -0.05) is 6.07 Å². The predicted octanol–water partition coefficient (Wildman–Crippen LogP) is 2.23. The minimum Gasteiger partial charge on any atom is -0.383 e. The number of ether oxygens (including phenoxy) is 1. The molecule has 6 nitrogen and oxygen atoms in total. The number of nitrogens with zero attached hydrogens (tertiary/aromatic N) is 3. The van der Waals surface area contributed by atoms with Gasteiger partial charge in [-0.2, -0.15) is 0 Å². The van der Waals surface area contributed by atoms with Crippen LogP contribution in [0, 0.1) is 5.92 Å². The fraction of sp³-hybridized carbons (Fsp3) is 0.667. The fourth-order valence-corrected chi connectivity index (χ4v) is 3.09. The average Bonchev–Trinajstić information content (AvgIpc) is 2.64. The van der Waals surface area contributed by atoms with Gasteiger partial charge in [0.25, 0.3) is 0 Å². The van der Waals surface area contributed by atoms with Gasteiger partial charge in [0.05, 0.1) is 13.2 Å². The third kappa shape index (κ3) is 8.08. The van der Waals surface area contributed by atoms with Gasteiger partial charge in [-0.05, 0) is 37.8 Å². The van der Waals surface area contributed by atoms with E-state index >= 15 is 0 Å². The molecule has 0 aromatic carbocycles. The predicted molar refractivity (Wildman–Crippen MR) is 111 cm³/mol. The second-order valence-corrected chi connectivity index (χ2v) is 6.22. The van der Waals surface area contributed by atoms with E-state index < -0.39 is 0 Å². The van der Waals surface area contributed by atoms with Crippen LogP contribution in [0.1, 0.15) is 19.8 Å². The van der Waals surface area contributed by atoms with E-state index in [0.29, 0.717) is 25.6 Å². The molecule has 1 aliphatic heterocycles. The Balaban J connectivity index is 0.00000312. The highest BCUT2D eigenvalue weighted by Gasteiger charge is 2.23. The summed E-state index contributed by atoms with van der Waals surface area (Å²) in [5.74, 6) is 1.82. The number of likely N-dealkylation sites (N-methyl/N-ethyl adjacent to an activating group) is 1. The zero-order valence-corrected chi connectivity index (χ0v) is 17.4. The summed E-state index contributed by atoms with van der Waals surface area (Å²) < 4.78 is 4.98. The Labute approximate surface area is 169 Å². The van der Waals surface area contributed by atoms with Crippen molar-refractivity contribution in [2.75, 3.05) is 57.9 Å². The molecule has 0 spiro atoms. The molecule has 150 valence electrons. The van der Waals surface area contributed by atoms with Crippen LogP contribution in [0.5, 0.6) is 0 Å². The van der Waals surface area contributed by atoms with Gasteiger partial charge in [-0.15, -0.1) is 24.8 Å². The van der Waals surface area contributed by atoms with E-state index in [9.17, 15) is 4.79 Å². The maximum absolute atomic E-state index is 12.3. The first-order chi connectivity index (χ1) is 11.7. The first-order valence-corrected chi connectivity index (χ1v) is 8.88. The number of amides is 1. The zero-order valence-electron chi connectivity index (χ0n) is 15.7. The smallest absolute Gasteiger partial charge is 0.236 e. The number of methoxy groups -OCH3 is 1.